The molecule has 0 radical (unpaired) electrons. The number of carbonyl (C=O) groups excluding carboxylic acids is 1. The van der Waals surface area contributed by atoms with Crippen LogP contribution in [-0.4, -0.2) is 43.0 Å². The molecule has 0 aromatic carbocycles. The van der Waals surface area contributed by atoms with Crippen LogP contribution < -0.4 is 34.0 Å². The maximum Gasteiger partial charge on any atom is 0.237 e. The first-order valence-corrected chi connectivity index (χ1v) is 6.99. The highest BCUT2D eigenvalue weighted by Crippen LogP contribution is 2.00. The van der Waals surface area contributed by atoms with Gasteiger partial charge >= 0.3 is 0 Å². The Kier molecular flexibility index (Phi) is 9.69. The topological polar surface area (TPSA) is 184 Å². The summed E-state index contributed by atoms with van der Waals surface area (Å²) >= 11 is 0. The summed E-state index contributed by atoms with van der Waals surface area (Å²) in [6.45, 7) is 2.93. The molecule has 0 aromatic heterocycles. The van der Waals surface area contributed by atoms with Gasteiger partial charge in [0.2, 0.25) is 5.91 Å². The number of hydrogen-bond acceptors (Lipinski definition) is 4. The fourth-order valence-corrected chi connectivity index (χ4v) is 1.68. The summed E-state index contributed by atoms with van der Waals surface area (Å²) in [6, 6.07) is -0.533. The largest absolute Gasteiger partial charge is 0.370 e. The van der Waals surface area contributed by atoms with E-state index >= 15 is 0 Å². The van der Waals surface area contributed by atoms with Crippen LogP contribution in [0.2, 0.25) is 0 Å². The average molecular weight is 300 g/mol. The van der Waals surface area contributed by atoms with Gasteiger partial charge in [-0.3, -0.25) is 14.8 Å². The molecule has 2 atom stereocenters. The standard InChI is InChI=1S/C12H28N8O/c1-8(4-2-6-18-11(14)15)20-10(21)9(13)5-3-7-19-12(16)17/h8-9H,2-7,13H2,1H3,(H,20,21)(H4,14,15,18)(H4,16,17,19). The first-order chi connectivity index (χ1) is 9.82. The summed E-state index contributed by atoms with van der Waals surface area (Å²) < 4.78 is 0. The molecule has 1 amide bonds. The first-order valence-electron chi connectivity index (χ1n) is 6.99. The second-order valence-electron chi connectivity index (χ2n) is 4.91. The zero-order valence-corrected chi connectivity index (χ0v) is 12.6. The SMILES string of the molecule is CC(CCCN=C(N)N)NC(=O)C(N)CCCN=C(N)N. The third-order valence-electron chi connectivity index (χ3n) is 2.78. The van der Waals surface area contributed by atoms with Crippen LogP contribution in [0.5, 0.6) is 0 Å². The average Bonchev–Trinajstić information content (AvgIpc) is 2.39. The molecule has 0 aliphatic rings. The van der Waals surface area contributed by atoms with Crippen molar-refractivity contribution in [1.29, 1.82) is 0 Å². The summed E-state index contributed by atoms with van der Waals surface area (Å²) in [4.78, 5) is 19.5. The molecule has 0 spiro atoms. The monoisotopic (exact) mass is 300 g/mol. The molecular weight excluding hydrogens is 272 g/mol. The molecule has 2 unspecified atom stereocenters. The molecule has 9 nitrogen and oxygen atoms in total. The van der Waals surface area contributed by atoms with Crippen molar-refractivity contribution in [3.05, 3.63) is 0 Å². The van der Waals surface area contributed by atoms with Crippen LogP contribution in [0.1, 0.15) is 32.6 Å². The number of nitrogens with two attached hydrogens (primary N) is 5. The summed E-state index contributed by atoms with van der Waals surface area (Å²) in [5.41, 5.74) is 26.7. The molecule has 0 saturated heterocycles. The molecule has 9 heteroatoms. The minimum atomic E-state index is -0.556. The highest BCUT2D eigenvalue weighted by molar-refractivity contribution is 5.81. The van der Waals surface area contributed by atoms with E-state index in [1.807, 2.05) is 6.92 Å². The Morgan fingerprint density at radius 3 is 1.95 bits per heavy atom. The Morgan fingerprint density at radius 2 is 1.48 bits per heavy atom. The Morgan fingerprint density at radius 1 is 1.00 bits per heavy atom. The van der Waals surface area contributed by atoms with Gasteiger partial charge in [-0.2, -0.15) is 0 Å². The molecule has 0 aromatic rings. The molecule has 0 aliphatic carbocycles. The van der Waals surface area contributed by atoms with Gasteiger partial charge in [-0.1, -0.05) is 0 Å². The van der Waals surface area contributed by atoms with Gasteiger partial charge in [-0.25, -0.2) is 0 Å². The highest BCUT2D eigenvalue weighted by Gasteiger charge is 2.15. The van der Waals surface area contributed by atoms with Gasteiger partial charge in [0.15, 0.2) is 11.9 Å². The van der Waals surface area contributed by atoms with Crippen molar-refractivity contribution in [3.63, 3.8) is 0 Å². The van der Waals surface area contributed by atoms with E-state index in [-0.39, 0.29) is 23.9 Å². The van der Waals surface area contributed by atoms with Gasteiger partial charge in [0.1, 0.15) is 0 Å². The Labute approximate surface area is 125 Å². The minimum Gasteiger partial charge on any atom is -0.370 e. The van der Waals surface area contributed by atoms with Gasteiger partial charge < -0.3 is 34.0 Å². The quantitative estimate of drug-likeness (QED) is 0.153. The molecule has 0 fully saturated rings. The molecule has 21 heavy (non-hydrogen) atoms. The van der Waals surface area contributed by atoms with Crippen LogP contribution >= 0.6 is 0 Å². The number of carbonyl (C=O) groups is 1. The molecule has 122 valence electrons. The van der Waals surface area contributed by atoms with Crippen LogP contribution in [0.25, 0.3) is 0 Å². The van der Waals surface area contributed by atoms with Gasteiger partial charge in [-0.05, 0) is 32.6 Å². The lowest BCUT2D eigenvalue weighted by atomic mass is 10.1. The van der Waals surface area contributed by atoms with E-state index in [0.717, 1.165) is 12.8 Å². The van der Waals surface area contributed by atoms with E-state index in [2.05, 4.69) is 15.3 Å². The van der Waals surface area contributed by atoms with Crippen molar-refractivity contribution in [2.45, 2.75) is 44.7 Å². The lowest BCUT2D eigenvalue weighted by molar-refractivity contribution is -0.123. The lowest BCUT2D eigenvalue weighted by Crippen LogP contribution is -2.44. The number of nitrogens with zero attached hydrogens (tertiary/aromatic N) is 2. The maximum absolute atomic E-state index is 11.8. The first kappa shape index (κ1) is 19.0. The molecule has 11 N–H and O–H groups in total. The number of amides is 1. The fourth-order valence-electron chi connectivity index (χ4n) is 1.68. The Hall–Kier alpha value is -2.03. The number of nitrogens with one attached hydrogen (secondary N) is 1. The van der Waals surface area contributed by atoms with Crippen LogP contribution in [0.15, 0.2) is 9.98 Å². The van der Waals surface area contributed by atoms with E-state index < -0.39 is 6.04 Å². The minimum absolute atomic E-state index is 0.0236. The molecule has 0 rings (SSSR count). The number of guanidine groups is 2. The van der Waals surface area contributed by atoms with Gasteiger partial charge in [-0.15, -0.1) is 0 Å². The highest BCUT2D eigenvalue weighted by atomic mass is 16.2. The van der Waals surface area contributed by atoms with Crippen LogP contribution in [0.3, 0.4) is 0 Å². The van der Waals surface area contributed by atoms with E-state index in [4.69, 9.17) is 28.7 Å². The molecular formula is C12H28N8O. The third kappa shape index (κ3) is 11.5. The number of hydrogen-bond donors (Lipinski definition) is 6. The lowest BCUT2D eigenvalue weighted by Gasteiger charge is -2.17. The summed E-state index contributed by atoms with van der Waals surface area (Å²) in [5, 5.41) is 2.86. The predicted octanol–water partition coefficient (Wildman–Crippen LogP) is -2.07. The van der Waals surface area contributed by atoms with Crippen LogP contribution in [-0.2, 0) is 4.79 Å². The zero-order valence-electron chi connectivity index (χ0n) is 12.6. The zero-order chi connectivity index (χ0) is 16.3. The van der Waals surface area contributed by atoms with Crippen molar-refractivity contribution in [2.75, 3.05) is 13.1 Å². The van der Waals surface area contributed by atoms with Gasteiger partial charge in [0, 0.05) is 19.1 Å². The predicted molar refractivity (Wildman–Crippen MR) is 85.4 cm³/mol. The Balaban J connectivity index is 3.84. The van der Waals surface area contributed by atoms with Crippen molar-refractivity contribution in [1.82, 2.24) is 5.32 Å². The van der Waals surface area contributed by atoms with Crippen LogP contribution in [0.4, 0.5) is 0 Å². The second-order valence-corrected chi connectivity index (χ2v) is 4.91. The van der Waals surface area contributed by atoms with Crippen molar-refractivity contribution < 1.29 is 4.79 Å². The van der Waals surface area contributed by atoms with Crippen molar-refractivity contribution >= 4 is 17.8 Å². The van der Waals surface area contributed by atoms with E-state index in [0.29, 0.717) is 25.9 Å². The molecule has 0 bridgehead atoms. The summed E-state index contributed by atoms with van der Waals surface area (Å²) in [5.74, 6) is -0.0500. The molecule has 0 heterocycles. The smallest absolute Gasteiger partial charge is 0.237 e. The third-order valence-corrected chi connectivity index (χ3v) is 2.78. The van der Waals surface area contributed by atoms with Gasteiger partial charge in [0.25, 0.3) is 0 Å². The Bertz CT molecular complexity index is 360. The number of rotatable bonds is 10. The normalized spacial score (nSPS) is 13.0. The van der Waals surface area contributed by atoms with Crippen LogP contribution in [0, 0.1) is 0 Å². The van der Waals surface area contributed by atoms with E-state index in [1.165, 1.54) is 0 Å². The second kappa shape index (κ2) is 10.7. The van der Waals surface area contributed by atoms with Gasteiger partial charge in [0.05, 0.1) is 6.04 Å². The van der Waals surface area contributed by atoms with Crippen molar-refractivity contribution in [2.24, 2.45) is 38.7 Å². The maximum atomic E-state index is 11.8. The van der Waals surface area contributed by atoms with Crippen molar-refractivity contribution in [3.8, 4) is 0 Å². The molecule has 0 saturated carbocycles. The summed E-state index contributed by atoms with van der Waals surface area (Å²) in [7, 11) is 0. The van der Waals surface area contributed by atoms with E-state index in [1.54, 1.807) is 0 Å². The summed E-state index contributed by atoms with van der Waals surface area (Å²) in [6.07, 6.45) is 2.76. The van der Waals surface area contributed by atoms with E-state index in [9.17, 15) is 4.79 Å². The molecule has 0 aliphatic heterocycles. The number of aliphatic imine (C=N–C) groups is 2. The fraction of sp³-hybridized carbons (Fsp3) is 0.750.